The van der Waals surface area contributed by atoms with Crippen LogP contribution in [0.4, 0.5) is 10.2 Å². The Morgan fingerprint density at radius 2 is 1.97 bits per heavy atom. The van der Waals surface area contributed by atoms with Gasteiger partial charge in [-0.2, -0.15) is 0 Å². The third-order valence-corrected chi connectivity index (χ3v) is 6.54. The van der Waals surface area contributed by atoms with Gasteiger partial charge in [-0.15, -0.1) is 63.1 Å². The van der Waals surface area contributed by atoms with Crippen LogP contribution < -0.4 is 4.90 Å². The smallest absolute Gasteiger partial charge is 0.213 e. The van der Waals surface area contributed by atoms with E-state index in [-0.39, 0.29) is 23.4 Å². The molecule has 3 atom stereocenters. The third-order valence-electron chi connectivity index (χ3n) is 6.01. The van der Waals surface area contributed by atoms with Gasteiger partial charge in [0.05, 0.1) is 17.8 Å². The van der Waals surface area contributed by atoms with Crippen LogP contribution in [0.5, 0.6) is 5.75 Å². The summed E-state index contributed by atoms with van der Waals surface area (Å²) in [6, 6.07) is 4.59. The van der Waals surface area contributed by atoms with Crippen molar-refractivity contribution in [1.82, 2.24) is 35.4 Å². The second-order valence-electron chi connectivity index (χ2n) is 8.16. The quantitative estimate of drug-likeness (QED) is 0.296. The molecule has 1 fully saturated rings. The van der Waals surface area contributed by atoms with Crippen molar-refractivity contribution in [3.8, 4) is 28.5 Å². The maximum atomic E-state index is 14.6. The lowest BCUT2D eigenvalue weighted by Crippen LogP contribution is -2.44. The van der Waals surface area contributed by atoms with Crippen LogP contribution in [0.1, 0.15) is 32.6 Å². The predicted molar refractivity (Wildman–Crippen MR) is 133 cm³/mol. The van der Waals surface area contributed by atoms with E-state index in [1.54, 1.807) is 18.3 Å². The molecule has 1 aromatic carbocycles. The van der Waals surface area contributed by atoms with Crippen molar-refractivity contribution in [3.63, 3.8) is 0 Å². The van der Waals surface area contributed by atoms with Crippen molar-refractivity contribution in [2.24, 2.45) is 5.92 Å². The first-order chi connectivity index (χ1) is 15.7. The summed E-state index contributed by atoms with van der Waals surface area (Å²) in [4.78, 5) is 7.30. The summed E-state index contributed by atoms with van der Waals surface area (Å²) in [6.07, 6.45) is 3.96. The number of hydrogen-bond acceptors (Lipinski definition) is 11. The number of phenols is 1. The molecule has 3 aromatic rings. The highest BCUT2D eigenvalue weighted by molar-refractivity contribution is 8.15. The molecule has 13 heteroatoms. The van der Waals surface area contributed by atoms with Gasteiger partial charge in [0, 0.05) is 12.6 Å². The van der Waals surface area contributed by atoms with E-state index in [9.17, 15) is 9.50 Å². The molecule has 2 heterocycles. The first-order valence-corrected chi connectivity index (χ1v) is 11.9. The molecule has 4 rings (SSSR count). The Morgan fingerprint density at radius 3 is 2.58 bits per heavy atom. The molecule has 0 spiro atoms. The molecular weight excluding hydrogens is 483 g/mol. The predicted octanol–water partition coefficient (Wildman–Crippen LogP) is 3.61. The summed E-state index contributed by atoms with van der Waals surface area (Å²) in [6.45, 7) is 2.14. The van der Waals surface area contributed by atoms with Crippen molar-refractivity contribution in [2.75, 3.05) is 11.9 Å². The molecule has 33 heavy (non-hydrogen) atoms. The average molecular weight is 509 g/mol. The van der Waals surface area contributed by atoms with Gasteiger partial charge in [0.15, 0.2) is 11.6 Å². The number of halogens is 1. The lowest BCUT2D eigenvalue weighted by Gasteiger charge is -2.37. The molecule has 0 aliphatic heterocycles. The minimum absolute atomic E-state index is 0.0671. The molecule has 1 aliphatic carbocycles. The van der Waals surface area contributed by atoms with Crippen molar-refractivity contribution >= 4 is 43.7 Å². The van der Waals surface area contributed by atoms with Gasteiger partial charge in [0.1, 0.15) is 11.9 Å². The number of benzene rings is 1. The fraction of sp³-hybridized carbons (Fsp3) is 0.500. The highest BCUT2D eigenvalue weighted by Crippen LogP contribution is 2.34. The van der Waals surface area contributed by atoms with Crippen molar-refractivity contribution in [1.29, 1.82) is 0 Å². The molecule has 1 aliphatic rings. The molecule has 1 N–H and O–H groups in total. The lowest BCUT2D eigenvalue weighted by molar-refractivity contribution is 0.170. The summed E-state index contributed by atoms with van der Waals surface area (Å²) < 4.78 is 13.4. The van der Waals surface area contributed by atoms with Crippen LogP contribution in [0.3, 0.4) is 0 Å². The number of nitrogens with zero attached hydrogens (tertiary/aromatic N) is 8. The lowest BCUT2D eigenvalue weighted by atomic mass is 9.82. The van der Waals surface area contributed by atoms with Gasteiger partial charge in [-0.1, -0.05) is 19.4 Å². The highest BCUT2D eigenvalue weighted by Gasteiger charge is 2.33. The van der Waals surface area contributed by atoms with Crippen LogP contribution in [0.25, 0.3) is 22.8 Å². The normalized spacial score (nSPS) is 21.2. The first kappa shape index (κ1) is 24.0. The molecule has 0 saturated heterocycles. The second kappa shape index (κ2) is 9.63. The number of hydrogen-bond donors (Lipinski definition) is 4. The average Bonchev–Trinajstić information content (AvgIpc) is 3.30. The van der Waals surface area contributed by atoms with Crippen molar-refractivity contribution in [2.45, 2.75) is 48.4 Å². The summed E-state index contributed by atoms with van der Waals surface area (Å²) in [5, 5.41) is 30.9. The fourth-order valence-corrected chi connectivity index (χ4v) is 4.26. The van der Waals surface area contributed by atoms with E-state index in [1.165, 1.54) is 6.07 Å². The molecule has 1 saturated carbocycles. The molecular formula is C20H25FN8OS3. The van der Waals surface area contributed by atoms with E-state index in [0.29, 0.717) is 29.3 Å². The Bertz CT molecular complexity index is 1110. The Labute approximate surface area is 207 Å². The van der Waals surface area contributed by atoms with Gasteiger partial charge in [-0.25, -0.2) is 9.37 Å². The molecule has 176 valence electrons. The van der Waals surface area contributed by atoms with Gasteiger partial charge in [0.2, 0.25) is 9.36 Å². The zero-order valence-corrected chi connectivity index (χ0v) is 20.8. The monoisotopic (exact) mass is 508 g/mol. The molecule has 9 nitrogen and oxygen atoms in total. The largest absolute Gasteiger partial charge is 0.507 e. The molecule has 0 unspecified atom stereocenters. The van der Waals surface area contributed by atoms with E-state index in [2.05, 4.69) is 75.4 Å². The van der Waals surface area contributed by atoms with E-state index in [0.717, 1.165) is 24.1 Å². The number of aromatic hydroxyl groups is 1. The van der Waals surface area contributed by atoms with E-state index in [4.69, 9.17) is 0 Å². The van der Waals surface area contributed by atoms with E-state index in [1.807, 2.05) is 11.9 Å². The zero-order valence-electron chi connectivity index (χ0n) is 18.1. The number of anilines is 1. The summed E-state index contributed by atoms with van der Waals surface area (Å²) >= 11 is 12.5. The number of aromatic nitrogens is 7. The van der Waals surface area contributed by atoms with Gasteiger partial charge in [0.25, 0.3) is 0 Å². The van der Waals surface area contributed by atoms with E-state index >= 15 is 0 Å². The number of alkyl halides is 1. The molecule has 0 amide bonds. The van der Waals surface area contributed by atoms with Crippen molar-refractivity contribution < 1.29 is 9.50 Å². The maximum Gasteiger partial charge on any atom is 0.213 e. The highest BCUT2D eigenvalue weighted by atomic mass is 32.2. The van der Waals surface area contributed by atoms with Gasteiger partial charge in [-0.05, 0) is 42.5 Å². The van der Waals surface area contributed by atoms with Crippen molar-refractivity contribution in [3.05, 3.63) is 24.4 Å². The van der Waals surface area contributed by atoms with Crippen LogP contribution in [0.2, 0.25) is 0 Å². The summed E-state index contributed by atoms with van der Waals surface area (Å²) in [5.41, 5.74) is 0.926. The topological polar surface area (TPSA) is 106 Å². The number of thiol groups is 3. The number of rotatable bonds is 6. The second-order valence-corrected chi connectivity index (χ2v) is 11.2. The SMILES string of the molecule is CC[C@@H]1CC[C@H](F)[C@H](N(C)c2cnc(-c3ccc(-c4nnn(C(S)(S)S)n4)cc3O)nn2)C1. The minimum atomic E-state index is -1.21. The van der Waals surface area contributed by atoms with Gasteiger partial charge in [-0.3, -0.25) is 0 Å². The zero-order chi connectivity index (χ0) is 23.8. The van der Waals surface area contributed by atoms with Gasteiger partial charge >= 0.3 is 0 Å². The Morgan fingerprint density at radius 1 is 1.18 bits per heavy atom. The van der Waals surface area contributed by atoms with E-state index < -0.39 is 9.71 Å². The third kappa shape index (κ3) is 5.19. The first-order valence-electron chi connectivity index (χ1n) is 10.5. The van der Waals surface area contributed by atoms with Crippen LogP contribution >= 0.6 is 37.9 Å². The number of tetrazole rings is 1. The molecule has 0 radical (unpaired) electrons. The Hall–Kier alpha value is -2.12. The molecule has 2 aromatic heterocycles. The molecule has 0 bridgehead atoms. The van der Waals surface area contributed by atoms with Gasteiger partial charge < -0.3 is 10.0 Å². The standard InChI is InChI=1S/C20H25FN8OS3/c1-3-11-4-7-14(21)15(8-11)28(2)17-10-22-19(24-23-17)13-6-5-12(9-16(13)30)18-25-27-29(26-18)20(31,32)33/h5-6,9-11,14-15,30-33H,3-4,7-8H2,1-2H3/t11-,14+,15-/m1/s1. The Balaban J connectivity index is 1.52. The summed E-state index contributed by atoms with van der Waals surface area (Å²) in [7, 11) is 1.82. The Kier molecular flexibility index (Phi) is 7.01. The van der Waals surface area contributed by atoms with Crippen LogP contribution in [0, 0.1) is 5.92 Å². The van der Waals surface area contributed by atoms with Crippen LogP contribution in [0.15, 0.2) is 24.4 Å². The minimum Gasteiger partial charge on any atom is -0.507 e. The maximum absolute atomic E-state index is 14.6. The van der Waals surface area contributed by atoms with Crippen LogP contribution in [-0.4, -0.2) is 59.8 Å². The summed E-state index contributed by atoms with van der Waals surface area (Å²) in [5.74, 6) is 1.46. The van der Waals surface area contributed by atoms with Crippen LogP contribution in [-0.2, 0) is 3.54 Å². The number of phenolic OH excluding ortho intramolecular Hbond substituents is 1. The fourth-order valence-electron chi connectivity index (χ4n) is 4.01.